The van der Waals surface area contributed by atoms with Crippen molar-refractivity contribution >= 4 is 43.7 Å². The molecule has 0 N–H and O–H groups in total. The molecule has 11 aromatic rings. The summed E-state index contributed by atoms with van der Waals surface area (Å²) in [6.07, 6.45) is 0. The summed E-state index contributed by atoms with van der Waals surface area (Å²) in [5, 5.41) is 4.15. The zero-order valence-electron chi connectivity index (χ0n) is 34.8. The van der Waals surface area contributed by atoms with Crippen molar-refractivity contribution in [3.63, 3.8) is 0 Å². The predicted molar refractivity (Wildman–Crippen MR) is 229 cm³/mol. The van der Waals surface area contributed by atoms with Crippen molar-refractivity contribution in [3.05, 3.63) is 194 Å². The number of hydrogen-bond donors (Lipinski definition) is 0. The SMILES string of the molecule is [2H]c1c([2H])c([2H])c(-c2ccc(-c3nc(-c4ccccc4)nc(-c4cccc5oc6cc(-n7c8ccccc8c8cc(-c9ccccc9)ccc87)ccc6c45)n3)cc2)c([2H])c1[2H]. The molecule has 262 valence electrons. The first-order valence-electron chi connectivity index (χ1n) is 20.9. The summed E-state index contributed by atoms with van der Waals surface area (Å²) in [4.78, 5) is 15.0. The summed E-state index contributed by atoms with van der Waals surface area (Å²) < 4.78 is 50.2. The lowest BCUT2D eigenvalue weighted by atomic mass is 10.0. The molecule has 11 rings (SSSR count). The quantitative estimate of drug-likeness (QED) is 0.172. The van der Waals surface area contributed by atoms with Crippen molar-refractivity contribution in [1.82, 2.24) is 19.5 Å². The van der Waals surface area contributed by atoms with E-state index in [1.807, 2.05) is 54.6 Å². The van der Waals surface area contributed by atoms with Gasteiger partial charge < -0.3 is 8.98 Å². The second-order valence-corrected chi connectivity index (χ2v) is 13.7. The van der Waals surface area contributed by atoms with Gasteiger partial charge in [-0.15, -0.1) is 0 Å². The molecule has 3 heterocycles. The van der Waals surface area contributed by atoms with Crippen molar-refractivity contribution < 1.29 is 11.3 Å². The van der Waals surface area contributed by atoms with Gasteiger partial charge in [-0.05, 0) is 58.7 Å². The lowest BCUT2D eigenvalue weighted by Gasteiger charge is -2.10. The van der Waals surface area contributed by atoms with E-state index in [9.17, 15) is 0 Å². The smallest absolute Gasteiger partial charge is 0.164 e. The Bertz CT molecular complexity index is 3500. The largest absolute Gasteiger partial charge is 0.456 e. The standard InChI is InChI=1S/C51H32N4O/c1-4-13-33(14-5-1)35-23-25-37(26-24-35)50-52-49(36-17-8-3-9-18-36)53-51(54-50)42-20-12-22-46-48(42)41-29-28-39(32-47(41)56-46)55-44-21-11-10-19-40(44)43-31-38(27-30-45(43)55)34-15-6-2-7-16-34/h1-32H/i1D,4D,5D,13D,14D. The summed E-state index contributed by atoms with van der Waals surface area (Å²) in [5.41, 5.74) is 9.85. The fourth-order valence-electron chi connectivity index (χ4n) is 7.72. The first kappa shape index (κ1) is 27.0. The van der Waals surface area contributed by atoms with E-state index in [1.165, 1.54) is 21.9 Å². The van der Waals surface area contributed by atoms with Gasteiger partial charge in [0.15, 0.2) is 17.5 Å². The fourth-order valence-corrected chi connectivity index (χ4v) is 7.72. The predicted octanol–water partition coefficient (Wildman–Crippen LogP) is 13.2. The molecule has 0 aliphatic heterocycles. The molecular weight excluding hydrogens is 685 g/mol. The first-order chi connectivity index (χ1) is 29.8. The van der Waals surface area contributed by atoms with Crippen molar-refractivity contribution in [2.45, 2.75) is 0 Å². The first-order valence-corrected chi connectivity index (χ1v) is 18.4. The van der Waals surface area contributed by atoms with E-state index in [2.05, 4.69) is 89.5 Å². The van der Waals surface area contributed by atoms with Crippen LogP contribution in [-0.2, 0) is 0 Å². The van der Waals surface area contributed by atoms with E-state index in [4.69, 9.17) is 26.2 Å². The van der Waals surface area contributed by atoms with Crippen molar-refractivity contribution in [2.75, 3.05) is 0 Å². The van der Waals surface area contributed by atoms with Gasteiger partial charge in [0.2, 0.25) is 0 Å². The van der Waals surface area contributed by atoms with Crippen LogP contribution >= 0.6 is 0 Å². The summed E-state index contributed by atoms with van der Waals surface area (Å²) in [6, 6.07) is 52.9. The van der Waals surface area contributed by atoms with E-state index in [-0.39, 0.29) is 29.7 Å². The van der Waals surface area contributed by atoms with E-state index in [1.54, 1.807) is 24.3 Å². The van der Waals surface area contributed by atoms with Crippen LogP contribution < -0.4 is 0 Å². The van der Waals surface area contributed by atoms with Crippen LogP contribution in [0.4, 0.5) is 0 Å². The molecule has 0 fully saturated rings. The van der Waals surface area contributed by atoms with Crippen molar-refractivity contribution in [2.24, 2.45) is 0 Å². The molecule has 3 aromatic heterocycles. The minimum absolute atomic E-state index is 0.135. The van der Waals surface area contributed by atoms with E-state index in [0.717, 1.165) is 44.2 Å². The average molecular weight is 722 g/mol. The Morgan fingerprint density at radius 3 is 1.82 bits per heavy atom. The summed E-state index contributed by atoms with van der Waals surface area (Å²) in [6.45, 7) is 0. The van der Waals surface area contributed by atoms with Gasteiger partial charge in [0.25, 0.3) is 0 Å². The molecule has 56 heavy (non-hydrogen) atoms. The summed E-state index contributed by atoms with van der Waals surface area (Å²) in [7, 11) is 0. The number of benzene rings is 8. The van der Waals surface area contributed by atoms with Gasteiger partial charge in [-0.25, -0.2) is 15.0 Å². The highest BCUT2D eigenvalue weighted by atomic mass is 16.3. The van der Waals surface area contributed by atoms with Gasteiger partial charge in [-0.3, -0.25) is 0 Å². The highest BCUT2D eigenvalue weighted by Crippen LogP contribution is 2.40. The Hall–Kier alpha value is -7.63. The fraction of sp³-hybridized carbons (Fsp3) is 0. The third kappa shape index (κ3) is 5.37. The molecular formula is C51H32N4O. The highest BCUT2D eigenvalue weighted by molar-refractivity contribution is 6.13. The summed E-state index contributed by atoms with van der Waals surface area (Å²) >= 11 is 0. The third-order valence-corrected chi connectivity index (χ3v) is 10.4. The number of aromatic nitrogens is 4. The highest BCUT2D eigenvalue weighted by Gasteiger charge is 2.20. The van der Waals surface area contributed by atoms with E-state index in [0.29, 0.717) is 34.2 Å². The number of furan rings is 1. The second-order valence-electron chi connectivity index (χ2n) is 13.7. The van der Waals surface area contributed by atoms with Crippen LogP contribution in [0.1, 0.15) is 6.85 Å². The molecule has 5 heteroatoms. The van der Waals surface area contributed by atoms with Crippen LogP contribution in [-0.4, -0.2) is 19.5 Å². The zero-order valence-corrected chi connectivity index (χ0v) is 29.8. The molecule has 5 nitrogen and oxygen atoms in total. The Labute approximate surface area is 329 Å². The minimum Gasteiger partial charge on any atom is -0.456 e. The van der Waals surface area contributed by atoms with Crippen molar-refractivity contribution in [1.29, 1.82) is 0 Å². The Balaban J connectivity index is 1.04. The van der Waals surface area contributed by atoms with Gasteiger partial charge in [0, 0.05) is 50.0 Å². The maximum Gasteiger partial charge on any atom is 0.164 e. The molecule has 0 amide bonds. The van der Waals surface area contributed by atoms with Crippen molar-refractivity contribution in [3.8, 4) is 62.1 Å². The number of fused-ring (bicyclic) bond motifs is 6. The minimum atomic E-state index is -0.427. The van der Waals surface area contributed by atoms with Crippen LogP contribution in [0.15, 0.2) is 198 Å². The summed E-state index contributed by atoms with van der Waals surface area (Å²) in [5.74, 6) is 1.38. The van der Waals surface area contributed by atoms with Gasteiger partial charge in [-0.1, -0.05) is 152 Å². The molecule has 0 aliphatic rings. The number of nitrogens with zero attached hydrogens (tertiary/aromatic N) is 4. The maximum atomic E-state index is 8.48. The van der Waals surface area contributed by atoms with Crippen LogP contribution in [0.25, 0.3) is 106 Å². The van der Waals surface area contributed by atoms with Crippen LogP contribution in [0.2, 0.25) is 0 Å². The molecule has 0 aliphatic carbocycles. The molecule has 0 atom stereocenters. The molecule has 0 radical (unpaired) electrons. The zero-order chi connectivity index (χ0) is 41.4. The van der Waals surface area contributed by atoms with Gasteiger partial charge in [-0.2, -0.15) is 0 Å². The van der Waals surface area contributed by atoms with Crippen LogP contribution in [0, 0.1) is 0 Å². The third-order valence-electron chi connectivity index (χ3n) is 10.4. The lowest BCUT2D eigenvalue weighted by Crippen LogP contribution is -2.00. The normalized spacial score (nSPS) is 12.8. The lowest BCUT2D eigenvalue weighted by molar-refractivity contribution is 0.668. The van der Waals surface area contributed by atoms with E-state index >= 15 is 0 Å². The molecule has 0 spiro atoms. The molecule has 8 aromatic carbocycles. The Kier molecular flexibility index (Phi) is 6.29. The number of hydrogen-bond acceptors (Lipinski definition) is 4. The molecule has 0 saturated carbocycles. The van der Waals surface area contributed by atoms with Gasteiger partial charge >= 0.3 is 0 Å². The van der Waals surface area contributed by atoms with E-state index < -0.39 is 6.04 Å². The topological polar surface area (TPSA) is 56.7 Å². The van der Waals surface area contributed by atoms with Crippen LogP contribution in [0.5, 0.6) is 0 Å². The second kappa shape index (κ2) is 13.0. The number of rotatable bonds is 6. The average Bonchev–Trinajstić information content (AvgIpc) is 3.86. The molecule has 0 bridgehead atoms. The molecule has 0 saturated heterocycles. The van der Waals surface area contributed by atoms with Gasteiger partial charge in [0.1, 0.15) is 11.2 Å². The monoisotopic (exact) mass is 721 g/mol. The Morgan fingerprint density at radius 1 is 0.411 bits per heavy atom. The molecule has 0 unspecified atom stereocenters. The Morgan fingerprint density at radius 2 is 1.04 bits per heavy atom. The van der Waals surface area contributed by atoms with Gasteiger partial charge in [0.05, 0.1) is 17.9 Å². The van der Waals surface area contributed by atoms with Crippen LogP contribution in [0.3, 0.4) is 0 Å². The maximum absolute atomic E-state index is 8.48. The number of para-hydroxylation sites is 1.